The van der Waals surface area contributed by atoms with E-state index in [-0.39, 0.29) is 5.69 Å². The van der Waals surface area contributed by atoms with Crippen LogP contribution in [0.5, 0.6) is 0 Å². The summed E-state index contributed by atoms with van der Waals surface area (Å²) in [6.45, 7) is 0. The van der Waals surface area contributed by atoms with Gasteiger partial charge in [-0.2, -0.15) is 5.26 Å². The van der Waals surface area contributed by atoms with E-state index < -0.39 is 0 Å². The van der Waals surface area contributed by atoms with Crippen molar-refractivity contribution in [3.63, 3.8) is 0 Å². The first kappa shape index (κ1) is 12.0. The van der Waals surface area contributed by atoms with Gasteiger partial charge in [0.05, 0.1) is 11.6 Å². The maximum atomic E-state index is 11.2. The van der Waals surface area contributed by atoms with Crippen LogP contribution in [-0.4, -0.2) is 14.8 Å². The average Bonchev–Trinajstić information content (AvgIpc) is 2.60. The van der Waals surface area contributed by atoms with Crippen LogP contribution in [0, 0.1) is 11.3 Å². The van der Waals surface area contributed by atoms with Crippen LogP contribution in [0.15, 0.2) is 37.5 Å². The van der Waals surface area contributed by atoms with E-state index in [1.807, 2.05) is 6.07 Å². The summed E-state index contributed by atoms with van der Waals surface area (Å²) in [6.07, 6.45) is 0. The Bertz CT molecular complexity index is 655. The van der Waals surface area contributed by atoms with Gasteiger partial charge in [0, 0.05) is 16.4 Å². The molecule has 0 saturated carbocycles. The van der Waals surface area contributed by atoms with Crippen LogP contribution in [0.4, 0.5) is 0 Å². The van der Waals surface area contributed by atoms with Gasteiger partial charge in [0.2, 0.25) is 0 Å². The predicted octanol–water partition coefficient (Wildman–Crippen LogP) is 1.89. The van der Waals surface area contributed by atoms with Crippen LogP contribution >= 0.6 is 27.7 Å². The molecule has 86 valence electrons. The lowest BCUT2D eigenvalue weighted by Crippen LogP contribution is -2.12. The molecule has 1 aromatic heterocycles. The number of hydrogen-bond acceptors (Lipinski definition) is 4. The number of nitriles is 1. The molecule has 1 aromatic carbocycles. The second-order valence-electron chi connectivity index (χ2n) is 3.26. The number of rotatable bonds is 2. The van der Waals surface area contributed by atoms with E-state index in [1.165, 1.54) is 16.3 Å². The Hall–Kier alpha value is -1.52. The van der Waals surface area contributed by atoms with Gasteiger partial charge in [0.25, 0.3) is 0 Å². The summed E-state index contributed by atoms with van der Waals surface area (Å²) < 4.78 is 2.23. The lowest BCUT2D eigenvalue weighted by atomic mass is 10.2. The van der Waals surface area contributed by atoms with Gasteiger partial charge in [-0.1, -0.05) is 15.9 Å². The molecule has 1 N–H and O–H groups in total. The molecule has 17 heavy (non-hydrogen) atoms. The zero-order valence-corrected chi connectivity index (χ0v) is 11.2. The van der Waals surface area contributed by atoms with Crippen molar-refractivity contribution in [1.29, 1.82) is 5.26 Å². The van der Waals surface area contributed by atoms with Crippen molar-refractivity contribution in [2.24, 2.45) is 7.05 Å². The number of aromatic amines is 1. The molecular formula is C10H7BrN4OS. The van der Waals surface area contributed by atoms with E-state index in [2.05, 4.69) is 32.2 Å². The highest BCUT2D eigenvalue weighted by Crippen LogP contribution is 2.28. The average molecular weight is 311 g/mol. The molecule has 0 radical (unpaired) electrons. The molecule has 0 spiro atoms. The minimum absolute atomic E-state index is 0.261. The van der Waals surface area contributed by atoms with Crippen molar-refractivity contribution in [2.75, 3.05) is 0 Å². The predicted molar refractivity (Wildman–Crippen MR) is 66.8 cm³/mol. The van der Waals surface area contributed by atoms with Crippen molar-refractivity contribution in [3.8, 4) is 6.07 Å². The molecule has 0 bridgehead atoms. The smallest absolute Gasteiger partial charge is 0.273 e. The second kappa shape index (κ2) is 4.77. The molecule has 2 aromatic rings. The molecule has 0 saturated heterocycles. The third-order valence-electron chi connectivity index (χ3n) is 2.05. The first-order valence-corrected chi connectivity index (χ1v) is 6.21. The fourth-order valence-corrected chi connectivity index (χ4v) is 2.75. The van der Waals surface area contributed by atoms with Gasteiger partial charge in [-0.05, 0) is 30.0 Å². The zero-order valence-electron chi connectivity index (χ0n) is 8.77. The number of nitrogens with one attached hydrogen (secondary N) is 1. The number of nitrogens with zero attached hydrogens (tertiary/aromatic N) is 3. The molecule has 2 rings (SSSR count). The van der Waals surface area contributed by atoms with Gasteiger partial charge in [0.15, 0.2) is 5.16 Å². The van der Waals surface area contributed by atoms with Crippen LogP contribution in [0.3, 0.4) is 0 Å². The lowest BCUT2D eigenvalue weighted by Gasteiger charge is -2.01. The monoisotopic (exact) mass is 310 g/mol. The van der Waals surface area contributed by atoms with Crippen LogP contribution < -0.4 is 5.69 Å². The highest BCUT2D eigenvalue weighted by Gasteiger charge is 2.07. The first-order valence-electron chi connectivity index (χ1n) is 4.60. The van der Waals surface area contributed by atoms with Gasteiger partial charge in [-0.3, -0.25) is 4.57 Å². The molecule has 0 aliphatic heterocycles. The molecule has 1 heterocycles. The Morgan fingerprint density at radius 2 is 2.29 bits per heavy atom. The fourth-order valence-electron chi connectivity index (χ4n) is 1.22. The highest BCUT2D eigenvalue weighted by atomic mass is 79.9. The van der Waals surface area contributed by atoms with Gasteiger partial charge in [-0.25, -0.2) is 9.89 Å². The number of halogens is 1. The van der Waals surface area contributed by atoms with Gasteiger partial charge in [0.1, 0.15) is 0 Å². The van der Waals surface area contributed by atoms with Crippen molar-refractivity contribution in [2.45, 2.75) is 10.1 Å². The quantitative estimate of drug-likeness (QED) is 0.919. The van der Waals surface area contributed by atoms with Crippen LogP contribution in [0.2, 0.25) is 0 Å². The second-order valence-corrected chi connectivity index (χ2v) is 5.22. The fraction of sp³-hybridized carbons (Fsp3) is 0.100. The number of hydrogen-bond donors (Lipinski definition) is 1. The van der Waals surface area contributed by atoms with Crippen molar-refractivity contribution < 1.29 is 0 Å². The molecule has 0 atom stereocenters. The zero-order chi connectivity index (χ0) is 12.4. The molecule has 0 amide bonds. The van der Waals surface area contributed by atoms with Crippen LogP contribution in [0.25, 0.3) is 0 Å². The van der Waals surface area contributed by atoms with Crippen molar-refractivity contribution in [3.05, 3.63) is 38.7 Å². The number of aromatic nitrogens is 3. The number of benzene rings is 1. The van der Waals surface area contributed by atoms with Gasteiger partial charge < -0.3 is 0 Å². The summed E-state index contributed by atoms with van der Waals surface area (Å²) >= 11 is 4.65. The minimum atomic E-state index is -0.261. The summed E-state index contributed by atoms with van der Waals surface area (Å²) in [5, 5.41) is 15.7. The first-order chi connectivity index (χ1) is 8.10. The molecule has 0 unspecified atom stereocenters. The largest absolute Gasteiger partial charge is 0.343 e. The Labute approximate surface area is 110 Å². The summed E-state index contributed by atoms with van der Waals surface area (Å²) in [7, 11) is 1.64. The third-order valence-corrected chi connectivity index (χ3v) is 3.53. The number of H-pyrrole nitrogens is 1. The lowest BCUT2D eigenvalue weighted by molar-refractivity contribution is 0.766. The minimum Gasteiger partial charge on any atom is -0.273 e. The Morgan fingerprint density at radius 1 is 1.53 bits per heavy atom. The molecular weight excluding hydrogens is 304 g/mol. The van der Waals surface area contributed by atoms with E-state index in [9.17, 15) is 4.79 Å². The highest BCUT2D eigenvalue weighted by molar-refractivity contribution is 9.10. The Kier molecular flexibility index (Phi) is 3.36. The van der Waals surface area contributed by atoms with Crippen molar-refractivity contribution in [1.82, 2.24) is 14.8 Å². The molecule has 7 heteroatoms. The standard InChI is InChI=1S/C10H7BrN4OS/c1-15-9(16)13-14-10(15)17-8-3-6(5-12)2-7(11)4-8/h2-4H,1H3,(H,13,16). The maximum absolute atomic E-state index is 11.2. The van der Waals surface area contributed by atoms with Crippen molar-refractivity contribution >= 4 is 27.7 Å². The van der Waals surface area contributed by atoms with E-state index >= 15 is 0 Å². The van der Waals surface area contributed by atoms with E-state index in [0.717, 1.165) is 9.37 Å². The molecule has 0 fully saturated rings. The third kappa shape index (κ3) is 2.60. The maximum Gasteiger partial charge on any atom is 0.343 e. The summed E-state index contributed by atoms with van der Waals surface area (Å²) in [6, 6.07) is 7.41. The summed E-state index contributed by atoms with van der Waals surface area (Å²) in [4.78, 5) is 12.0. The van der Waals surface area contributed by atoms with E-state index in [4.69, 9.17) is 5.26 Å². The summed E-state index contributed by atoms with van der Waals surface area (Å²) in [5.74, 6) is 0. The topological polar surface area (TPSA) is 74.5 Å². The molecule has 0 aliphatic carbocycles. The molecule has 0 aliphatic rings. The van der Waals surface area contributed by atoms with Crippen LogP contribution in [-0.2, 0) is 7.05 Å². The van der Waals surface area contributed by atoms with E-state index in [1.54, 1.807) is 19.2 Å². The summed E-state index contributed by atoms with van der Waals surface area (Å²) in [5.41, 5.74) is 0.297. The molecule has 5 nitrogen and oxygen atoms in total. The van der Waals surface area contributed by atoms with E-state index in [0.29, 0.717) is 10.7 Å². The van der Waals surface area contributed by atoms with Gasteiger partial charge in [-0.15, -0.1) is 5.10 Å². The normalized spacial score (nSPS) is 10.2. The Balaban J connectivity index is 2.37. The SMILES string of the molecule is Cn1c(Sc2cc(Br)cc(C#N)c2)n[nH]c1=O. The Morgan fingerprint density at radius 3 is 2.88 bits per heavy atom. The van der Waals surface area contributed by atoms with Crippen LogP contribution in [0.1, 0.15) is 5.56 Å². The van der Waals surface area contributed by atoms with Gasteiger partial charge >= 0.3 is 5.69 Å².